The Morgan fingerprint density at radius 2 is 2.15 bits per heavy atom. The first-order valence-electron chi connectivity index (χ1n) is 9.15. The first kappa shape index (κ1) is 19.0. The van der Waals surface area contributed by atoms with Gasteiger partial charge in [0.15, 0.2) is 6.67 Å². The van der Waals surface area contributed by atoms with Crippen LogP contribution in [0.4, 0.5) is 4.79 Å². The molecule has 1 saturated heterocycles. The quantitative estimate of drug-likeness (QED) is 0.766. The summed E-state index contributed by atoms with van der Waals surface area (Å²) in [5.41, 5.74) is 0.244. The average Bonchev–Trinajstić information content (AvgIpc) is 2.83. The number of halogens is 1. The molecule has 2 N–H and O–H groups in total. The van der Waals surface area contributed by atoms with Gasteiger partial charge in [0.25, 0.3) is 5.91 Å². The highest BCUT2D eigenvalue weighted by molar-refractivity contribution is 6.30. The Morgan fingerprint density at radius 1 is 1.38 bits per heavy atom. The second-order valence-corrected chi connectivity index (χ2v) is 7.97. The summed E-state index contributed by atoms with van der Waals surface area (Å²) in [6.45, 7) is 2.98. The Kier molecular flexibility index (Phi) is 5.44. The van der Waals surface area contributed by atoms with Crippen molar-refractivity contribution in [3.8, 4) is 5.75 Å². The molecule has 1 saturated carbocycles. The van der Waals surface area contributed by atoms with Crippen LogP contribution in [0.5, 0.6) is 5.75 Å². The van der Waals surface area contributed by atoms with E-state index in [0.717, 1.165) is 41.9 Å². The monoisotopic (exact) mass is 380 g/mol. The lowest BCUT2D eigenvalue weighted by molar-refractivity contribution is -0.901. The molecule has 2 fully saturated rings. The minimum Gasteiger partial charge on any atom is -0.496 e. The van der Waals surface area contributed by atoms with Crippen LogP contribution in [0.2, 0.25) is 5.02 Å². The molecule has 7 heteroatoms. The van der Waals surface area contributed by atoms with Crippen molar-refractivity contribution in [3.05, 3.63) is 28.8 Å². The predicted molar refractivity (Wildman–Crippen MR) is 99.2 cm³/mol. The van der Waals surface area contributed by atoms with Gasteiger partial charge in [0, 0.05) is 10.6 Å². The standard InChI is InChI=1S/C19H26ClN3O3/c1-13-6-4-5-9-19(13)17(24)23(18(25)21-19)12-22(2)11-14-10-15(20)7-8-16(14)26-3/h7-8,10,13H,4-6,9,11-12H2,1-3H3,(H,21,25)/p+1/t13-,19-/m1/s1. The molecule has 0 aromatic heterocycles. The molecule has 3 rings (SSSR count). The first-order chi connectivity index (χ1) is 12.4. The van der Waals surface area contributed by atoms with Crippen molar-refractivity contribution in [2.24, 2.45) is 5.92 Å². The van der Waals surface area contributed by atoms with Gasteiger partial charge < -0.3 is 15.0 Å². The molecule has 2 aliphatic rings. The van der Waals surface area contributed by atoms with Crippen LogP contribution >= 0.6 is 11.6 Å². The minimum absolute atomic E-state index is 0.0768. The van der Waals surface area contributed by atoms with E-state index in [1.165, 1.54) is 4.90 Å². The van der Waals surface area contributed by atoms with Crippen LogP contribution in [-0.4, -0.2) is 43.2 Å². The van der Waals surface area contributed by atoms with Gasteiger partial charge in [-0.1, -0.05) is 31.4 Å². The zero-order valence-corrected chi connectivity index (χ0v) is 16.4. The highest BCUT2D eigenvalue weighted by atomic mass is 35.5. The maximum Gasteiger partial charge on any atom is 0.329 e. The van der Waals surface area contributed by atoms with Gasteiger partial charge in [0.2, 0.25) is 0 Å². The van der Waals surface area contributed by atoms with Gasteiger partial charge in [-0.25, -0.2) is 9.69 Å². The first-order valence-corrected chi connectivity index (χ1v) is 9.53. The molecule has 3 amide bonds. The number of imide groups is 1. The number of nitrogens with one attached hydrogen (secondary N) is 2. The second-order valence-electron chi connectivity index (χ2n) is 7.53. The van der Waals surface area contributed by atoms with Gasteiger partial charge in [-0.2, -0.15) is 0 Å². The topological polar surface area (TPSA) is 63.1 Å². The normalized spacial score (nSPS) is 26.9. The Morgan fingerprint density at radius 3 is 2.85 bits per heavy atom. The van der Waals surface area contributed by atoms with Crippen LogP contribution in [0, 0.1) is 5.92 Å². The molecule has 0 radical (unpaired) electrons. The van der Waals surface area contributed by atoms with E-state index in [1.54, 1.807) is 13.2 Å². The van der Waals surface area contributed by atoms with E-state index in [0.29, 0.717) is 18.2 Å². The Hall–Kier alpha value is -1.79. The number of urea groups is 1. The molecule has 1 aliphatic carbocycles. The lowest BCUT2D eigenvalue weighted by atomic mass is 9.73. The SMILES string of the molecule is COc1ccc(Cl)cc1C[NH+](C)CN1C(=O)N[C@@]2(CCCC[C@H]2C)C1=O. The lowest BCUT2D eigenvalue weighted by Crippen LogP contribution is -3.09. The van der Waals surface area contributed by atoms with Gasteiger partial charge in [-0.15, -0.1) is 0 Å². The number of benzene rings is 1. The molecule has 26 heavy (non-hydrogen) atoms. The van der Waals surface area contributed by atoms with Crippen molar-refractivity contribution in [1.82, 2.24) is 10.2 Å². The summed E-state index contributed by atoms with van der Waals surface area (Å²) in [5.74, 6) is 0.849. The van der Waals surface area contributed by atoms with E-state index < -0.39 is 5.54 Å². The number of hydrogen-bond donors (Lipinski definition) is 2. The van der Waals surface area contributed by atoms with Crippen LogP contribution in [0.25, 0.3) is 0 Å². The van der Waals surface area contributed by atoms with E-state index in [1.807, 2.05) is 19.2 Å². The molecule has 1 unspecified atom stereocenters. The number of amides is 3. The second kappa shape index (κ2) is 7.45. The van der Waals surface area contributed by atoms with E-state index in [9.17, 15) is 9.59 Å². The smallest absolute Gasteiger partial charge is 0.329 e. The Bertz CT molecular complexity index is 711. The van der Waals surface area contributed by atoms with Crippen molar-refractivity contribution in [3.63, 3.8) is 0 Å². The average molecular weight is 381 g/mol. The number of methoxy groups -OCH3 is 1. The highest BCUT2D eigenvalue weighted by Gasteiger charge is 2.55. The van der Waals surface area contributed by atoms with E-state index >= 15 is 0 Å². The fraction of sp³-hybridized carbons (Fsp3) is 0.579. The molecule has 142 valence electrons. The molecule has 1 heterocycles. The van der Waals surface area contributed by atoms with Crippen molar-refractivity contribution in [2.45, 2.75) is 44.7 Å². The number of rotatable bonds is 5. The third-order valence-electron chi connectivity index (χ3n) is 5.66. The summed E-state index contributed by atoms with van der Waals surface area (Å²) < 4.78 is 5.39. The van der Waals surface area contributed by atoms with Gasteiger partial charge in [0.1, 0.15) is 17.8 Å². The summed E-state index contributed by atoms with van der Waals surface area (Å²) in [4.78, 5) is 27.9. The fourth-order valence-electron chi connectivity index (χ4n) is 4.18. The summed E-state index contributed by atoms with van der Waals surface area (Å²) in [6.07, 6.45) is 3.80. The Labute approximate surface area is 159 Å². The number of carbonyl (C=O) groups is 2. The largest absolute Gasteiger partial charge is 0.496 e. The molecular weight excluding hydrogens is 354 g/mol. The van der Waals surface area contributed by atoms with E-state index in [-0.39, 0.29) is 17.9 Å². The van der Waals surface area contributed by atoms with E-state index in [4.69, 9.17) is 16.3 Å². The predicted octanol–water partition coefficient (Wildman–Crippen LogP) is 1.82. The fourth-order valence-corrected chi connectivity index (χ4v) is 4.37. The number of ether oxygens (including phenoxy) is 1. The molecule has 6 nitrogen and oxygen atoms in total. The van der Waals surface area contributed by atoms with Crippen LogP contribution in [0.15, 0.2) is 18.2 Å². The van der Waals surface area contributed by atoms with Gasteiger partial charge >= 0.3 is 6.03 Å². The van der Waals surface area contributed by atoms with Crippen LogP contribution in [0.3, 0.4) is 0 Å². The highest BCUT2D eigenvalue weighted by Crippen LogP contribution is 2.37. The number of hydrogen-bond acceptors (Lipinski definition) is 3. The van der Waals surface area contributed by atoms with Crippen LogP contribution < -0.4 is 15.0 Å². The van der Waals surface area contributed by atoms with Crippen LogP contribution in [-0.2, 0) is 11.3 Å². The van der Waals surface area contributed by atoms with Gasteiger partial charge in [-0.3, -0.25) is 4.79 Å². The van der Waals surface area contributed by atoms with Crippen molar-refractivity contribution >= 4 is 23.5 Å². The third-order valence-corrected chi connectivity index (χ3v) is 5.90. The maximum absolute atomic E-state index is 13.1. The zero-order valence-electron chi connectivity index (χ0n) is 15.6. The molecule has 1 aromatic rings. The summed E-state index contributed by atoms with van der Waals surface area (Å²) in [5, 5.41) is 3.64. The number of carbonyl (C=O) groups excluding carboxylic acids is 2. The van der Waals surface area contributed by atoms with Crippen molar-refractivity contribution < 1.29 is 19.2 Å². The molecule has 0 bridgehead atoms. The maximum atomic E-state index is 13.1. The summed E-state index contributed by atoms with van der Waals surface area (Å²) in [6, 6.07) is 5.20. The van der Waals surface area contributed by atoms with Crippen LogP contribution in [0.1, 0.15) is 38.2 Å². The summed E-state index contributed by atoms with van der Waals surface area (Å²) >= 11 is 6.09. The Balaban J connectivity index is 1.71. The summed E-state index contributed by atoms with van der Waals surface area (Å²) in [7, 11) is 3.57. The minimum atomic E-state index is -0.705. The number of nitrogens with zero attached hydrogens (tertiary/aromatic N) is 1. The van der Waals surface area contributed by atoms with E-state index in [2.05, 4.69) is 12.2 Å². The van der Waals surface area contributed by atoms with Crippen molar-refractivity contribution in [2.75, 3.05) is 20.8 Å². The zero-order chi connectivity index (χ0) is 18.9. The van der Waals surface area contributed by atoms with Gasteiger partial charge in [0.05, 0.1) is 14.2 Å². The van der Waals surface area contributed by atoms with Gasteiger partial charge in [-0.05, 0) is 37.0 Å². The molecule has 3 atom stereocenters. The molecule has 1 aliphatic heterocycles. The van der Waals surface area contributed by atoms with Crippen molar-refractivity contribution in [1.29, 1.82) is 0 Å². The third kappa shape index (κ3) is 3.40. The number of quaternary nitrogens is 1. The molecular formula is C19H27ClN3O3+. The molecule has 1 aromatic carbocycles. The molecule has 1 spiro atoms. The lowest BCUT2D eigenvalue weighted by Gasteiger charge is -2.36.